The molecule has 0 aliphatic carbocycles. The van der Waals surface area contributed by atoms with E-state index >= 15 is 0 Å². The summed E-state index contributed by atoms with van der Waals surface area (Å²) in [6.45, 7) is 38.7. The molecule has 46 heteroatoms. The molecule has 798 valence electrons. The van der Waals surface area contributed by atoms with E-state index in [0.29, 0.717) is 111 Å². The number of likely N-dealkylation sites (N-methyl/N-ethyl adjacent to an activating group) is 9. The molecule has 0 bridgehead atoms. The summed E-state index contributed by atoms with van der Waals surface area (Å²) in [6, 6.07) is 0. The number of nitrogens with one attached hydrogen (secondary N) is 4. The topological polar surface area (TPSA) is 529 Å². The Labute approximate surface area is 829 Å². The van der Waals surface area contributed by atoms with Crippen LogP contribution in [0, 0.1) is 37.9 Å². The van der Waals surface area contributed by atoms with Gasteiger partial charge in [-0.3, -0.25) is 102 Å². The fourth-order valence-corrected chi connectivity index (χ4v) is 16.2. The Morgan fingerprint density at radius 3 is 0.993 bits per heavy atom. The number of amides is 11. The van der Waals surface area contributed by atoms with Gasteiger partial charge in [-0.1, -0.05) is 7.43 Å². The quantitative estimate of drug-likeness (QED) is 0.0205. The van der Waals surface area contributed by atoms with Gasteiger partial charge in [0, 0.05) is 165 Å². The van der Waals surface area contributed by atoms with E-state index in [0.717, 1.165) is 29.2 Å². The number of hydrazone groups is 4. The van der Waals surface area contributed by atoms with Crippen molar-refractivity contribution in [1.29, 1.82) is 5.41 Å². The molecule has 6 saturated heterocycles. The van der Waals surface area contributed by atoms with Crippen LogP contribution in [0.5, 0.6) is 0 Å². The van der Waals surface area contributed by atoms with Crippen molar-refractivity contribution in [2.24, 2.45) is 58.6 Å². The summed E-state index contributed by atoms with van der Waals surface area (Å²) < 4.78 is 9.28. The number of rotatable bonds is 21. The van der Waals surface area contributed by atoms with Crippen LogP contribution in [0.3, 0.4) is 0 Å². The summed E-state index contributed by atoms with van der Waals surface area (Å²) >= 11 is 0. The second kappa shape index (κ2) is 51.1. The number of ether oxygens (including phenoxy) is 2. The fourth-order valence-electron chi connectivity index (χ4n) is 16.2. The Balaban J connectivity index is 0.000000814. The van der Waals surface area contributed by atoms with Gasteiger partial charge < -0.3 is 80.4 Å². The number of carbonyl (C=O) groups excluding carboxylic acids is 15. The second-order valence-electron chi connectivity index (χ2n) is 42.0. The van der Waals surface area contributed by atoms with E-state index in [2.05, 4.69) is 51.7 Å². The SMILES string of the molecule is C.CN(C)C(C)(C)COO.CN(C)CC(=O)N(C)C(C)(C)C(=O)N1CCC2=NN(C)C(=O)C2(C)C1.CN(C)CC(=O)O.CN1N=C2CCN(C(=O)C(C)(C)N(C)C)CC2(C)C1=O.CNC(C)(C)C(=O)N1CCC2=NN(C)C(=O)C2(C)C1.CNCC(=O)N(C)C(C)(C)C(=O)N1CCC2=NN(C)C(=O)C2(C)C1.COC(=O)C1(C)CN(C(=O)C(C)(C)N(C)C)CCC1=O.COC(=O)C1(C)CNCCC1=O.N=CN. The lowest BCUT2D eigenvalue weighted by molar-refractivity contribution is -0.259. The lowest BCUT2D eigenvalue weighted by atomic mass is 9.79. The third-order valence-electron chi connectivity index (χ3n) is 28.0. The Kier molecular flexibility index (Phi) is 46.6. The Morgan fingerprint density at radius 2 is 0.736 bits per heavy atom. The van der Waals surface area contributed by atoms with Crippen LogP contribution in [0.25, 0.3) is 0 Å². The highest BCUT2D eigenvalue weighted by Crippen LogP contribution is 2.41. The van der Waals surface area contributed by atoms with E-state index in [1.54, 1.807) is 146 Å². The third-order valence-corrected chi connectivity index (χ3v) is 28.0. The first-order chi connectivity index (χ1) is 63.5. The van der Waals surface area contributed by atoms with Gasteiger partial charge in [-0.25, -0.2) is 24.9 Å². The number of carboxylic acid groups (broad SMARTS) is 1. The van der Waals surface area contributed by atoms with Gasteiger partial charge in [0.05, 0.1) is 86.3 Å². The van der Waals surface area contributed by atoms with Crippen molar-refractivity contribution in [2.75, 3.05) is 246 Å². The number of esters is 2. The van der Waals surface area contributed by atoms with Crippen LogP contribution in [-0.2, 0) is 91.1 Å². The normalized spacial score (nSPS) is 23.3. The Bertz CT molecular complexity index is 4530. The van der Waals surface area contributed by atoms with Gasteiger partial charge in [0.1, 0.15) is 43.6 Å². The van der Waals surface area contributed by atoms with Crippen LogP contribution in [0.1, 0.15) is 171 Å². The number of Topliss-reactive ketones (excluding diaryl/α,β-unsaturated/α-hetero) is 2. The molecule has 0 aromatic rings. The molecule has 10 rings (SSSR count). The molecule has 0 saturated carbocycles. The van der Waals surface area contributed by atoms with E-state index < -0.39 is 78.1 Å². The number of hydrogen-bond donors (Lipinski definition) is 7. The zero-order valence-electron chi connectivity index (χ0n) is 90.3. The van der Waals surface area contributed by atoms with Crippen molar-refractivity contribution < 1.29 is 101 Å². The van der Waals surface area contributed by atoms with Crippen LogP contribution in [0.4, 0.5) is 0 Å². The Morgan fingerprint density at radius 1 is 0.450 bits per heavy atom. The van der Waals surface area contributed by atoms with Gasteiger partial charge in [-0.15, -0.1) is 0 Å². The number of hydrogen-bond acceptors (Lipinski definition) is 33. The molecule has 8 N–H and O–H groups in total. The number of likely N-dealkylation sites (tertiary alicyclic amines) is 5. The molecule has 140 heavy (non-hydrogen) atoms. The number of methoxy groups -OCH3 is 2. The number of nitrogens with zero attached hydrogens (tertiary/aromatic N) is 20. The maximum atomic E-state index is 13.1. The minimum atomic E-state index is -1.26. The van der Waals surface area contributed by atoms with Gasteiger partial charge in [-0.2, -0.15) is 20.4 Å². The summed E-state index contributed by atoms with van der Waals surface area (Å²) in [5, 5.41) is 53.6. The molecule has 0 aromatic carbocycles. The van der Waals surface area contributed by atoms with E-state index in [1.165, 1.54) is 44.1 Å². The average Bonchev–Trinajstić information content (AvgIpc) is 1.63. The fraction of sp³-hybridized carbons (Fsp3) is 0.777. The van der Waals surface area contributed by atoms with Crippen LogP contribution in [-0.4, -0.2) is 492 Å². The Hall–Kier alpha value is -10.3. The predicted octanol–water partition coefficient (Wildman–Crippen LogP) is 0.478. The summed E-state index contributed by atoms with van der Waals surface area (Å²) in [5.41, 5.74) is -1.10. The number of carbonyl (C=O) groups is 16. The van der Waals surface area contributed by atoms with Crippen molar-refractivity contribution >= 4 is 124 Å². The largest absolute Gasteiger partial charge is 0.480 e. The zero-order valence-corrected chi connectivity index (χ0v) is 90.3. The minimum absolute atomic E-state index is 0. The second-order valence-corrected chi connectivity index (χ2v) is 42.0. The molecule has 0 spiro atoms. The average molecular weight is 1990 g/mol. The first-order valence-electron chi connectivity index (χ1n) is 46.2. The van der Waals surface area contributed by atoms with E-state index in [9.17, 15) is 76.7 Å². The summed E-state index contributed by atoms with van der Waals surface area (Å²) in [4.78, 5) is 219. The van der Waals surface area contributed by atoms with E-state index in [4.69, 9.17) is 20.5 Å². The molecule has 0 radical (unpaired) electrons. The van der Waals surface area contributed by atoms with Gasteiger partial charge in [0.15, 0.2) is 11.6 Å². The molecule has 11 amide bonds. The number of aliphatic carboxylic acids is 1. The first-order valence-corrected chi connectivity index (χ1v) is 46.2. The zero-order chi connectivity index (χ0) is 108. The molecule has 0 aromatic heterocycles. The van der Waals surface area contributed by atoms with Crippen molar-refractivity contribution in [1.82, 2.24) is 94.8 Å². The molecule has 6 fully saturated rings. The molecule has 10 heterocycles. The number of piperidine rings is 6. The van der Waals surface area contributed by atoms with Gasteiger partial charge in [0.2, 0.25) is 41.4 Å². The summed E-state index contributed by atoms with van der Waals surface area (Å²) in [6.07, 6.45) is 3.82. The van der Waals surface area contributed by atoms with Crippen molar-refractivity contribution in [3.63, 3.8) is 0 Å². The first kappa shape index (κ1) is 128. The molecular formula is C94H171N25O21. The molecule has 46 nitrogen and oxygen atoms in total. The van der Waals surface area contributed by atoms with Crippen LogP contribution < -0.4 is 21.7 Å². The van der Waals surface area contributed by atoms with Gasteiger partial charge in [-0.05, 0) is 209 Å². The number of carboxylic acids is 1. The van der Waals surface area contributed by atoms with Gasteiger partial charge in [0.25, 0.3) is 23.6 Å². The smallest absolute Gasteiger partial charge is 0.320 e. The van der Waals surface area contributed by atoms with E-state index in [1.807, 2.05) is 154 Å². The maximum Gasteiger partial charge on any atom is 0.320 e. The molecule has 10 aliphatic heterocycles. The number of nitrogens with two attached hydrogens (primary N) is 1. The monoisotopic (exact) mass is 1990 g/mol. The molecular weight excluding hydrogens is 1820 g/mol. The highest BCUT2D eigenvalue weighted by Gasteiger charge is 2.58. The van der Waals surface area contributed by atoms with Crippen molar-refractivity contribution in [3.8, 4) is 0 Å². The van der Waals surface area contributed by atoms with Crippen LogP contribution >= 0.6 is 0 Å². The molecule has 6 atom stereocenters. The van der Waals surface area contributed by atoms with Crippen LogP contribution in [0.2, 0.25) is 0 Å². The summed E-state index contributed by atoms with van der Waals surface area (Å²) in [5.74, 6) is -2.83. The number of ketones is 2. The highest BCUT2D eigenvalue weighted by molar-refractivity contribution is 6.16. The standard InChI is InChI=1S/C17H29N5O3.C16H27N5O3.C14H24N4O2.C14H24N2O4.C13H22N4O2.C8H13NO3.C6H15NO2.C4H9NO2.CH4N2.CH4/c1-16(2,20(6)13(23)10-19(4)5)14(24)22-9-8-12-17(3,11-22)15(25)21(7)18-12;1-15(2,19(5)12(22)9-17-4)13(23)21-8-7-11-16(3,10-21)14(24)20(6)18-11;1-13(2,16(4)5)11(19)18-8-7-10-14(3,9-18)12(20)17(6)15-10;1-13(2,15(4)5)11(18)16-8-7-10(17)14(3,9-16)12(19)20-6;1-12(2,14-4)10(18)17-7-6-9-13(3,8-17)11(19)16(5)15-9;1-8(7(11)12-2)5-9-4-3-6(8)10;1-6(2,5-9-8)7(3)4;1-5(2)3-4(6)7;2-1-3;/h8-11H2,1-7H3;17H,7-10H2,1-6H3;2*7-9H2,1-6H3;14H,6-8H2,1-5H3;9H,3-5H2,1-2H3;8H,5H2,1-4H3;3H2,1-2H3,(H,6,7);1H,(H3,2,3);1H4. The van der Waals surface area contributed by atoms with Gasteiger partial charge >= 0.3 is 17.9 Å². The molecule has 10 aliphatic rings. The van der Waals surface area contributed by atoms with Crippen LogP contribution in [0.15, 0.2) is 20.4 Å². The third kappa shape index (κ3) is 29.9. The number of fused-ring (bicyclic) bond motifs is 4. The van der Waals surface area contributed by atoms with Crippen molar-refractivity contribution in [2.45, 2.75) is 204 Å². The minimum Gasteiger partial charge on any atom is -0.480 e. The lowest BCUT2D eigenvalue weighted by Crippen LogP contribution is -2.61. The van der Waals surface area contributed by atoms with E-state index in [-0.39, 0.29) is 122 Å². The predicted molar refractivity (Wildman–Crippen MR) is 534 cm³/mol. The van der Waals surface area contributed by atoms with Crippen molar-refractivity contribution in [3.05, 3.63) is 0 Å². The maximum absolute atomic E-state index is 13.1. The molecule has 6 unspecified atom stereocenters. The lowest BCUT2D eigenvalue weighted by Gasteiger charge is -2.43. The summed E-state index contributed by atoms with van der Waals surface area (Å²) in [7, 11) is 34.3. The highest BCUT2D eigenvalue weighted by atomic mass is 17.1.